The van der Waals surface area contributed by atoms with Gasteiger partial charge in [-0.2, -0.15) is 0 Å². The molecule has 0 radical (unpaired) electrons. The monoisotopic (exact) mass is 323 g/mol. The van der Waals surface area contributed by atoms with Crippen molar-refractivity contribution in [2.75, 3.05) is 20.6 Å². The Labute approximate surface area is 142 Å². The number of pyridine rings is 1. The van der Waals surface area contributed by atoms with Crippen molar-refractivity contribution in [1.29, 1.82) is 0 Å². The Bertz CT molecular complexity index is 794. The van der Waals surface area contributed by atoms with Crippen molar-refractivity contribution in [2.45, 2.75) is 12.6 Å². The zero-order chi connectivity index (χ0) is 16.9. The van der Waals surface area contributed by atoms with Crippen LogP contribution in [0.5, 0.6) is 0 Å². The Morgan fingerprint density at radius 3 is 2.54 bits per heavy atom. The van der Waals surface area contributed by atoms with Crippen LogP contribution in [0.2, 0.25) is 0 Å². The van der Waals surface area contributed by atoms with E-state index in [9.17, 15) is 4.39 Å². The topological polar surface area (TPSA) is 28.2 Å². The fourth-order valence-corrected chi connectivity index (χ4v) is 2.94. The number of hydrogen-bond acceptors (Lipinski definition) is 3. The van der Waals surface area contributed by atoms with Crippen LogP contribution in [0.3, 0.4) is 0 Å². The second-order valence-electron chi connectivity index (χ2n) is 6.15. The van der Waals surface area contributed by atoms with Crippen molar-refractivity contribution in [1.82, 2.24) is 15.2 Å². The molecule has 0 spiro atoms. The van der Waals surface area contributed by atoms with E-state index in [-0.39, 0.29) is 11.9 Å². The average Bonchev–Trinajstić information content (AvgIpc) is 2.59. The molecular weight excluding hydrogens is 301 g/mol. The van der Waals surface area contributed by atoms with Gasteiger partial charge >= 0.3 is 0 Å². The van der Waals surface area contributed by atoms with E-state index in [0.29, 0.717) is 0 Å². The molecule has 0 saturated carbocycles. The third-order valence-electron chi connectivity index (χ3n) is 4.25. The highest BCUT2D eigenvalue weighted by atomic mass is 19.1. The highest BCUT2D eigenvalue weighted by Gasteiger charge is 2.14. The third-order valence-corrected chi connectivity index (χ3v) is 4.25. The largest absolute Gasteiger partial charge is 0.311 e. The number of nitrogens with one attached hydrogen (secondary N) is 1. The molecule has 2 aromatic carbocycles. The van der Waals surface area contributed by atoms with Gasteiger partial charge in [0.2, 0.25) is 0 Å². The summed E-state index contributed by atoms with van der Waals surface area (Å²) in [5.74, 6) is -0.203. The number of para-hydroxylation sites is 1. The summed E-state index contributed by atoms with van der Waals surface area (Å²) in [4.78, 5) is 6.63. The van der Waals surface area contributed by atoms with Gasteiger partial charge in [0.25, 0.3) is 0 Å². The number of likely N-dealkylation sites (N-methyl/N-ethyl adjacent to an activating group) is 1. The minimum atomic E-state index is -0.203. The van der Waals surface area contributed by atoms with Gasteiger partial charge in [0.1, 0.15) is 5.82 Å². The third kappa shape index (κ3) is 3.78. The van der Waals surface area contributed by atoms with Gasteiger partial charge in [0.05, 0.1) is 5.52 Å². The van der Waals surface area contributed by atoms with Crippen molar-refractivity contribution in [3.63, 3.8) is 0 Å². The zero-order valence-corrected chi connectivity index (χ0v) is 14.0. The molecule has 4 heteroatoms. The molecule has 124 valence electrons. The quantitative estimate of drug-likeness (QED) is 0.748. The number of nitrogens with zero attached hydrogens (tertiary/aromatic N) is 2. The first-order valence-electron chi connectivity index (χ1n) is 8.10. The first kappa shape index (κ1) is 16.6. The molecule has 3 nitrogen and oxygen atoms in total. The van der Waals surface area contributed by atoms with Gasteiger partial charge in [-0.1, -0.05) is 36.4 Å². The molecule has 0 bridgehead atoms. The lowest BCUT2D eigenvalue weighted by atomic mass is 10.1. The Kier molecular flexibility index (Phi) is 5.18. The minimum Gasteiger partial charge on any atom is -0.311 e. The molecule has 1 N–H and O–H groups in total. The fourth-order valence-electron chi connectivity index (χ4n) is 2.94. The van der Waals surface area contributed by atoms with Crippen molar-refractivity contribution in [2.24, 2.45) is 0 Å². The molecule has 0 aliphatic heterocycles. The van der Waals surface area contributed by atoms with Crippen LogP contribution in [0.4, 0.5) is 4.39 Å². The summed E-state index contributed by atoms with van der Waals surface area (Å²) in [5.41, 5.74) is 3.32. The number of fused-ring (bicyclic) bond motifs is 1. The van der Waals surface area contributed by atoms with Gasteiger partial charge < -0.3 is 10.2 Å². The molecule has 1 unspecified atom stereocenters. The molecule has 0 fully saturated rings. The SMILES string of the molecule is CN(C)C(CNCc1cccc2cccnc12)c1ccc(F)cc1. The summed E-state index contributed by atoms with van der Waals surface area (Å²) in [6.07, 6.45) is 1.83. The van der Waals surface area contributed by atoms with Gasteiger partial charge in [0.15, 0.2) is 0 Å². The van der Waals surface area contributed by atoms with Crippen LogP contribution in [-0.2, 0) is 6.54 Å². The van der Waals surface area contributed by atoms with E-state index >= 15 is 0 Å². The molecule has 1 aromatic heterocycles. The smallest absolute Gasteiger partial charge is 0.123 e. The highest BCUT2D eigenvalue weighted by molar-refractivity contribution is 5.81. The van der Waals surface area contributed by atoms with Crippen molar-refractivity contribution >= 4 is 10.9 Å². The van der Waals surface area contributed by atoms with Crippen molar-refractivity contribution in [3.8, 4) is 0 Å². The van der Waals surface area contributed by atoms with Crippen LogP contribution < -0.4 is 5.32 Å². The van der Waals surface area contributed by atoms with Crippen LogP contribution in [0.1, 0.15) is 17.2 Å². The lowest BCUT2D eigenvalue weighted by Crippen LogP contribution is -2.30. The van der Waals surface area contributed by atoms with Crippen LogP contribution in [-0.4, -0.2) is 30.5 Å². The number of rotatable bonds is 6. The van der Waals surface area contributed by atoms with Crippen LogP contribution in [0, 0.1) is 5.82 Å². The fraction of sp³-hybridized carbons (Fsp3) is 0.250. The predicted molar refractivity (Wildman–Crippen MR) is 96.3 cm³/mol. The van der Waals surface area contributed by atoms with E-state index in [2.05, 4.69) is 39.5 Å². The summed E-state index contributed by atoms with van der Waals surface area (Å²) >= 11 is 0. The first-order valence-corrected chi connectivity index (χ1v) is 8.10. The molecule has 3 aromatic rings. The Balaban J connectivity index is 1.70. The van der Waals surface area contributed by atoms with E-state index in [1.54, 1.807) is 0 Å². The standard InChI is InChI=1S/C20H22FN3/c1-24(2)19(15-8-10-18(21)11-9-15)14-22-13-17-6-3-5-16-7-4-12-23-20(16)17/h3-12,19,22H,13-14H2,1-2H3. The number of benzene rings is 2. The molecule has 0 saturated heterocycles. The van der Waals surface area contributed by atoms with E-state index in [1.807, 2.05) is 38.5 Å². The predicted octanol–water partition coefficient (Wildman–Crippen LogP) is 3.77. The maximum Gasteiger partial charge on any atom is 0.123 e. The second-order valence-corrected chi connectivity index (χ2v) is 6.15. The molecule has 1 heterocycles. The van der Waals surface area contributed by atoms with Gasteiger partial charge in [-0.25, -0.2) is 4.39 Å². The van der Waals surface area contributed by atoms with E-state index in [0.717, 1.165) is 29.6 Å². The zero-order valence-electron chi connectivity index (χ0n) is 14.0. The average molecular weight is 323 g/mol. The first-order chi connectivity index (χ1) is 11.6. The lowest BCUT2D eigenvalue weighted by Gasteiger charge is -2.25. The second kappa shape index (κ2) is 7.51. The Morgan fingerprint density at radius 2 is 1.79 bits per heavy atom. The molecule has 0 aliphatic rings. The maximum atomic E-state index is 13.1. The van der Waals surface area contributed by atoms with Crippen LogP contribution in [0.25, 0.3) is 10.9 Å². The van der Waals surface area contributed by atoms with Gasteiger partial charge in [-0.05, 0) is 43.4 Å². The van der Waals surface area contributed by atoms with Crippen LogP contribution >= 0.6 is 0 Å². The van der Waals surface area contributed by atoms with E-state index in [4.69, 9.17) is 0 Å². The van der Waals surface area contributed by atoms with Crippen LogP contribution in [0.15, 0.2) is 60.8 Å². The van der Waals surface area contributed by atoms with Gasteiger partial charge in [0, 0.05) is 30.7 Å². The maximum absolute atomic E-state index is 13.1. The van der Waals surface area contributed by atoms with Gasteiger partial charge in [-0.15, -0.1) is 0 Å². The summed E-state index contributed by atoms with van der Waals surface area (Å²) in [7, 11) is 4.07. The molecule has 0 amide bonds. The Morgan fingerprint density at radius 1 is 1.04 bits per heavy atom. The van der Waals surface area contributed by atoms with Crippen molar-refractivity contribution < 1.29 is 4.39 Å². The Hall–Kier alpha value is -2.30. The summed E-state index contributed by atoms with van der Waals surface area (Å²) in [5, 5.41) is 4.67. The normalized spacial score (nSPS) is 12.7. The summed E-state index contributed by atoms with van der Waals surface area (Å²) in [6, 6.07) is 17.2. The van der Waals surface area contributed by atoms with Gasteiger partial charge in [-0.3, -0.25) is 4.98 Å². The highest BCUT2D eigenvalue weighted by Crippen LogP contribution is 2.19. The molecule has 24 heavy (non-hydrogen) atoms. The molecule has 0 aliphatic carbocycles. The number of aromatic nitrogens is 1. The lowest BCUT2D eigenvalue weighted by molar-refractivity contribution is 0.288. The molecule has 1 atom stereocenters. The number of halogens is 1. The van der Waals surface area contributed by atoms with Crippen molar-refractivity contribution in [3.05, 3.63) is 77.7 Å². The minimum absolute atomic E-state index is 0.188. The molecule has 3 rings (SSSR count). The summed E-state index contributed by atoms with van der Waals surface area (Å²) in [6.45, 7) is 1.53. The van der Waals surface area contributed by atoms with E-state index in [1.165, 1.54) is 17.7 Å². The van der Waals surface area contributed by atoms with E-state index < -0.39 is 0 Å². The summed E-state index contributed by atoms with van der Waals surface area (Å²) < 4.78 is 13.1. The number of hydrogen-bond donors (Lipinski definition) is 1. The molecular formula is C20H22FN3.